The van der Waals surface area contributed by atoms with Gasteiger partial charge in [0.05, 0.1) is 5.92 Å². The van der Waals surface area contributed by atoms with E-state index in [1.807, 2.05) is 0 Å². The van der Waals surface area contributed by atoms with Gasteiger partial charge in [-0.05, 0) is 51.4 Å². The third-order valence-electron chi connectivity index (χ3n) is 7.80. The van der Waals surface area contributed by atoms with Gasteiger partial charge in [0.2, 0.25) is 5.91 Å². The monoisotopic (exact) mass is 534 g/mol. The second kappa shape index (κ2) is 14.1. The molecule has 3 saturated carbocycles. The average molecular weight is 535 g/mol. The van der Waals surface area contributed by atoms with E-state index in [0.717, 1.165) is 41.4 Å². The Labute approximate surface area is 216 Å². The SMILES string of the molecule is NSC1CCC(SSC2CCCC2)C2SSC2CCC1C(=O)NC1CCCCCCCC1. The molecule has 4 fully saturated rings. The van der Waals surface area contributed by atoms with Crippen LogP contribution in [0.5, 0.6) is 0 Å². The van der Waals surface area contributed by atoms with Crippen LogP contribution in [0.25, 0.3) is 0 Å². The van der Waals surface area contributed by atoms with Gasteiger partial charge < -0.3 is 5.32 Å². The highest BCUT2D eigenvalue weighted by Crippen LogP contribution is 2.57. The standard InChI is InChI=1S/C24H42N2OS5/c25-28-20-15-16-22(30-29-18-11-7-8-12-18)23-21(31-32-23)14-13-19(20)24(27)26-17-9-5-3-1-2-4-6-10-17/h17-23H,1-16,25H2,(H,26,27). The third-order valence-corrected chi connectivity index (χ3v) is 16.1. The molecule has 32 heavy (non-hydrogen) atoms. The lowest BCUT2D eigenvalue weighted by Gasteiger charge is -2.39. The van der Waals surface area contributed by atoms with E-state index in [0.29, 0.717) is 17.2 Å². The normalized spacial score (nSPS) is 35.8. The van der Waals surface area contributed by atoms with E-state index in [1.165, 1.54) is 89.0 Å². The van der Waals surface area contributed by atoms with E-state index >= 15 is 0 Å². The van der Waals surface area contributed by atoms with Crippen molar-refractivity contribution in [1.82, 2.24) is 5.32 Å². The highest BCUT2D eigenvalue weighted by atomic mass is 33.1. The lowest BCUT2D eigenvalue weighted by atomic mass is 9.94. The molecule has 3 N–H and O–H groups in total. The Morgan fingerprint density at radius 3 is 2.03 bits per heavy atom. The Bertz CT molecular complexity index is 567. The summed E-state index contributed by atoms with van der Waals surface area (Å²) in [4.78, 5) is 13.5. The molecule has 1 heterocycles. The first-order valence-corrected chi connectivity index (χ1v) is 18.5. The van der Waals surface area contributed by atoms with Gasteiger partial charge in [0, 0.05) is 32.3 Å². The molecule has 1 saturated heterocycles. The molecule has 184 valence electrons. The molecule has 3 nitrogen and oxygen atoms in total. The Balaban J connectivity index is 1.34. The summed E-state index contributed by atoms with van der Waals surface area (Å²) in [5, 5.41) is 13.1. The molecular formula is C24H42N2OS5. The van der Waals surface area contributed by atoms with E-state index in [2.05, 4.69) is 48.5 Å². The Morgan fingerprint density at radius 1 is 0.719 bits per heavy atom. The van der Waals surface area contributed by atoms with E-state index in [1.54, 1.807) is 0 Å². The van der Waals surface area contributed by atoms with Gasteiger partial charge in [0.15, 0.2) is 0 Å². The molecule has 4 rings (SSSR count). The number of amides is 1. The predicted molar refractivity (Wildman–Crippen MR) is 150 cm³/mol. The van der Waals surface area contributed by atoms with Gasteiger partial charge in [-0.2, -0.15) is 0 Å². The van der Waals surface area contributed by atoms with Gasteiger partial charge in [0.25, 0.3) is 0 Å². The maximum Gasteiger partial charge on any atom is 0.224 e. The molecule has 8 heteroatoms. The smallest absolute Gasteiger partial charge is 0.224 e. The van der Waals surface area contributed by atoms with Crippen molar-refractivity contribution in [1.29, 1.82) is 0 Å². The number of carbonyl (C=O) groups excluding carboxylic acids is 1. The number of hydrogen-bond donors (Lipinski definition) is 2. The zero-order valence-electron chi connectivity index (χ0n) is 19.4. The number of rotatable bonds is 6. The first kappa shape index (κ1) is 26.2. The summed E-state index contributed by atoms with van der Waals surface area (Å²) in [6, 6.07) is 0.379. The van der Waals surface area contributed by atoms with Crippen LogP contribution in [0, 0.1) is 5.92 Å². The number of nitrogens with two attached hydrogens (primary N) is 1. The van der Waals surface area contributed by atoms with Crippen LogP contribution in [-0.4, -0.2) is 38.2 Å². The van der Waals surface area contributed by atoms with Crippen LogP contribution < -0.4 is 10.5 Å². The highest BCUT2D eigenvalue weighted by Gasteiger charge is 2.43. The summed E-state index contributed by atoms with van der Waals surface area (Å²) in [7, 11) is 8.53. The van der Waals surface area contributed by atoms with Crippen LogP contribution in [-0.2, 0) is 4.79 Å². The van der Waals surface area contributed by atoms with Crippen molar-refractivity contribution < 1.29 is 4.79 Å². The lowest BCUT2D eigenvalue weighted by molar-refractivity contribution is -0.126. The van der Waals surface area contributed by atoms with Crippen molar-refractivity contribution >= 4 is 61.0 Å². The second-order valence-corrected chi connectivity index (χ2v) is 16.6. The summed E-state index contributed by atoms with van der Waals surface area (Å²) in [6.07, 6.45) is 20.4. The fraction of sp³-hybridized carbons (Fsp3) is 0.958. The van der Waals surface area contributed by atoms with Crippen LogP contribution in [0.15, 0.2) is 0 Å². The highest BCUT2D eigenvalue weighted by molar-refractivity contribution is 8.81. The van der Waals surface area contributed by atoms with Gasteiger partial charge in [-0.25, -0.2) is 0 Å². The fourth-order valence-corrected chi connectivity index (χ4v) is 13.9. The molecular weight excluding hydrogens is 493 g/mol. The largest absolute Gasteiger partial charge is 0.353 e. The van der Waals surface area contributed by atoms with Gasteiger partial charge in [0.1, 0.15) is 0 Å². The molecule has 0 aromatic rings. The molecule has 1 aliphatic heterocycles. The first-order valence-electron chi connectivity index (χ1n) is 13.0. The van der Waals surface area contributed by atoms with Crippen LogP contribution in [0.1, 0.15) is 103 Å². The fourth-order valence-electron chi connectivity index (χ4n) is 5.72. The van der Waals surface area contributed by atoms with Gasteiger partial charge in [-0.3, -0.25) is 9.93 Å². The average Bonchev–Trinajstić information content (AvgIpc) is 3.33. The van der Waals surface area contributed by atoms with Gasteiger partial charge in [-0.1, -0.05) is 106 Å². The van der Waals surface area contributed by atoms with E-state index < -0.39 is 0 Å². The van der Waals surface area contributed by atoms with Crippen LogP contribution in [0.3, 0.4) is 0 Å². The quantitative estimate of drug-likeness (QED) is 0.269. The van der Waals surface area contributed by atoms with Crippen molar-refractivity contribution in [2.75, 3.05) is 0 Å². The predicted octanol–water partition coefficient (Wildman–Crippen LogP) is 7.60. The molecule has 5 unspecified atom stereocenters. The van der Waals surface area contributed by atoms with Crippen molar-refractivity contribution in [2.45, 2.75) is 135 Å². The minimum Gasteiger partial charge on any atom is -0.353 e. The molecule has 4 aliphatic rings. The summed E-state index contributed by atoms with van der Waals surface area (Å²) < 4.78 is 0. The summed E-state index contributed by atoms with van der Waals surface area (Å²) >= 11 is 1.46. The molecule has 5 atom stereocenters. The topological polar surface area (TPSA) is 55.1 Å². The minimum atomic E-state index is 0.0794. The maximum atomic E-state index is 13.5. The minimum absolute atomic E-state index is 0.0794. The molecule has 0 aromatic heterocycles. The molecule has 1 amide bonds. The summed E-state index contributed by atoms with van der Waals surface area (Å²) in [5.41, 5.74) is 0. The second-order valence-electron chi connectivity index (χ2n) is 10.2. The lowest BCUT2D eigenvalue weighted by Crippen LogP contribution is -2.42. The van der Waals surface area contributed by atoms with Crippen molar-refractivity contribution in [2.24, 2.45) is 11.1 Å². The van der Waals surface area contributed by atoms with E-state index in [9.17, 15) is 4.79 Å². The maximum absolute atomic E-state index is 13.5. The summed E-state index contributed by atoms with van der Waals surface area (Å²) in [5.74, 6) is 0.382. The molecule has 0 spiro atoms. The number of hydrogen-bond acceptors (Lipinski definition) is 7. The van der Waals surface area contributed by atoms with Crippen LogP contribution in [0.2, 0.25) is 0 Å². The number of fused-ring (bicyclic) bond motifs is 1. The Hall–Kier alpha value is 1.18. The number of nitrogens with one attached hydrogen (secondary N) is 1. The Kier molecular flexibility index (Phi) is 11.5. The molecule has 0 bridgehead atoms. The van der Waals surface area contributed by atoms with Crippen molar-refractivity contribution in [3.63, 3.8) is 0 Å². The molecule has 3 aliphatic carbocycles. The molecule has 0 radical (unpaired) electrons. The third kappa shape index (κ3) is 7.59. The Morgan fingerprint density at radius 2 is 1.38 bits per heavy atom. The van der Waals surface area contributed by atoms with Crippen molar-refractivity contribution in [3.8, 4) is 0 Å². The van der Waals surface area contributed by atoms with Gasteiger partial charge in [-0.15, -0.1) is 0 Å². The summed E-state index contributed by atoms with van der Waals surface area (Å²) in [6.45, 7) is 0. The van der Waals surface area contributed by atoms with Crippen molar-refractivity contribution in [3.05, 3.63) is 0 Å². The van der Waals surface area contributed by atoms with Crippen LogP contribution >= 0.6 is 55.1 Å². The van der Waals surface area contributed by atoms with Crippen LogP contribution in [0.4, 0.5) is 0 Å². The van der Waals surface area contributed by atoms with Gasteiger partial charge >= 0.3 is 0 Å². The zero-order chi connectivity index (χ0) is 22.2. The zero-order valence-corrected chi connectivity index (χ0v) is 23.5. The van der Waals surface area contributed by atoms with E-state index in [-0.39, 0.29) is 11.2 Å². The molecule has 0 aromatic carbocycles. The first-order chi connectivity index (χ1) is 15.7. The van der Waals surface area contributed by atoms with E-state index in [4.69, 9.17) is 5.14 Å². The number of carbonyl (C=O) groups is 1.